The molecule has 110 valence electrons. The lowest BCUT2D eigenvalue weighted by Gasteiger charge is -2.26. The second-order valence-corrected chi connectivity index (χ2v) is 5.74. The Labute approximate surface area is 134 Å². The van der Waals surface area contributed by atoms with Gasteiger partial charge < -0.3 is 4.90 Å². The quantitative estimate of drug-likeness (QED) is 0.765. The van der Waals surface area contributed by atoms with E-state index in [-0.39, 0.29) is 11.9 Å². The number of carbonyl (C=O) groups excluding carboxylic acids is 1. The van der Waals surface area contributed by atoms with Crippen molar-refractivity contribution in [2.24, 2.45) is 0 Å². The Morgan fingerprint density at radius 1 is 1.19 bits per heavy atom. The average molecular weight is 347 g/mol. The number of amides is 1. The van der Waals surface area contributed by atoms with Gasteiger partial charge in [0.1, 0.15) is 0 Å². The van der Waals surface area contributed by atoms with Crippen LogP contribution in [0.4, 0.5) is 0 Å². The number of carbonyl (C=O) groups is 1. The summed E-state index contributed by atoms with van der Waals surface area (Å²) >= 11 is 3.41. The van der Waals surface area contributed by atoms with Crippen LogP contribution >= 0.6 is 15.9 Å². The summed E-state index contributed by atoms with van der Waals surface area (Å²) in [5, 5.41) is 0.795. The van der Waals surface area contributed by atoms with Crippen molar-refractivity contribution in [3.05, 3.63) is 65.5 Å². The molecule has 21 heavy (non-hydrogen) atoms. The van der Waals surface area contributed by atoms with Crippen molar-refractivity contribution in [2.75, 3.05) is 0 Å². The number of aromatic nitrogens is 1. The van der Waals surface area contributed by atoms with E-state index < -0.39 is 0 Å². The van der Waals surface area contributed by atoms with Crippen LogP contribution in [0.15, 0.2) is 48.7 Å². The van der Waals surface area contributed by atoms with Crippen molar-refractivity contribution in [1.82, 2.24) is 9.88 Å². The summed E-state index contributed by atoms with van der Waals surface area (Å²) in [6, 6.07) is 13.6. The number of alkyl halides is 1. The number of hydrogen-bond acceptors (Lipinski definition) is 2. The monoisotopic (exact) mass is 346 g/mol. The molecule has 0 aliphatic rings. The summed E-state index contributed by atoms with van der Waals surface area (Å²) in [5.41, 5.74) is 2.77. The smallest absolute Gasteiger partial charge is 0.254 e. The van der Waals surface area contributed by atoms with Crippen LogP contribution in [0.25, 0.3) is 0 Å². The largest absolute Gasteiger partial charge is 0.330 e. The van der Waals surface area contributed by atoms with Crippen LogP contribution < -0.4 is 0 Å². The Balaban J connectivity index is 2.18. The highest BCUT2D eigenvalue weighted by Crippen LogP contribution is 2.14. The summed E-state index contributed by atoms with van der Waals surface area (Å²) in [6.45, 7) is 4.57. The first-order valence-corrected chi connectivity index (χ1v) is 8.09. The van der Waals surface area contributed by atoms with Gasteiger partial charge in [0.2, 0.25) is 0 Å². The molecule has 2 aromatic rings. The molecule has 0 aliphatic carbocycles. The molecule has 0 saturated heterocycles. The zero-order valence-corrected chi connectivity index (χ0v) is 13.9. The number of hydrogen-bond donors (Lipinski definition) is 0. The molecular weight excluding hydrogens is 328 g/mol. The molecule has 0 saturated carbocycles. The van der Waals surface area contributed by atoms with Gasteiger partial charge in [-0.3, -0.25) is 9.78 Å². The SMILES string of the molecule is CC(C)N(Cc1ccccn1)C(=O)c1ccc(CBr)cc1. The molecule has 4 heteroatoms. The van der Waals surface area contributed by atoms with Crippen LogP contribution in [0.3, 0.4) is 0 Å². The standard InChI is InChI=1S/C17H19BrN2O/c1-13(2)20(12-16-5-3-4-10-19-16)17(21)15-8-6-14(11-18)7-9-15/h3-10,13H,11-12H2,1-2H3. The predicted octanol–water partition coefficient (Wildman–Crippen LogP) is 4.03. The fourth-order valence-corrected chi connectivity index (χ4v) is 2.43. The molecule has 1 aromatic heterocycles. The van der Waals surface area contributed by atoms with Crippen molar-refractivity contribution in [3.63, 3.8) is 0 Å². The second-order valence-electron chi connectivity index (χ2n) is 5.18. The molecule has 0 atom stereocenters. The van der Waals surface area contributed by atoms with E-state index in [0.717, 1.165) is 16.6 Å². The van der Waals surface area contributed by atoms with E-state index in [2.05, 4.69) is 20.9 Å². The lowest BCUT2D eigenvalue weighted by atomic mass is 10.1. The molecule has 0 fully saturated rings. The molecule has 3 nitrogen and oxygen atoms in total. The van der Waals surface area contributed by atoms with E-state index in [9.17, 15) is 4.79 Å². The van der Waals surface area contributed by atoms with Gasteiger partial charge in [0.15, 0.2) is 0 Å². The van der Waals surface area contributed by atoms with Crippen LogP contribution in [-0.2, 0) is 11.9 Å². The van der Waals surface area contributed by atoms with Crippen LogP contribution in [-0.4, -0.2) is 21.8 Å². The van der Waals surface area contributed by atoms with E-state index in [4.69, 9.17) is 0 Å². The Morgan fingerprint density at radius 2 is 1.90 bits per heavy atom. The van der Waals surface area contributed by atoms with Gasteiger partial charge in [0.25, 0.3) is 5.91 Å². The Hall–Kier alpha value is -1.68. The van der Waals surface area contributed by atoms with Crippen LogP contribution in [0.2, 0.25) is 0 Å². The molecule has 0 unspecified atom stereocenters. The minimum Gasteiger partial charge on any atom is -0.330 e. The van der Waals surface area contributed by atoms with E-state index in [1.807, 2.05) is 61.2 Å². The van der Waals surface area contributed by atoms with Gasteiger partial charge >= 0.3 is 0 Å². The third kappa shape index (κ3) is 4.14. The average Bonchev–Trinajstić information content (AvgIpc) is 2.53. The molecular formula is C17H19BrN2O. The highest BCUT2D eigenvalue weighted by atomic mass is 79.9. The number of nitrogens with zero attached hydrogens (tertiary/aromatic N) is 2. The number of rotatable bonds is 5. The van der Waals surface area contributed by atoms with Crippen molar-refractivity contribution in [3.8, 4) is 0 Å². The van der Waals surface area contributed by atoms with Gasteiger partial charge in [-0.05, 0) is 43.7 Å². The highest BCUT2D eigenvalue weighted by Gasteiger charge is 2.19. The van der Waals surface area contributed by atoms with Crippen LogP contribution in [0, 0.1) is 0 Å². The van der Waals surface area contributed by atoms with Crippen LogP contribution in [0.5, 0.6) is 0 Å². The molecule has 0 spiro atoms. The molecule has 0 bridgehead atoms. The zero-order valence-electron chi connectivity index (χ0n) is 12.3. The van der Waals surface area contributed by atoms with Gasteiger partial charge in [0.05, 0.1) is 12.2 Å². The molecule has 0 aliphatic heterocycles. The number of benzene rings is 1. The van der Waals surface area contributed by atoms with Crippen molar-refractivity contribution in [2.45, 2.75) is 31.8 Å². The summed E-state index contributed by atoms with van der Waals surface area (Å²) < 4.78 is 0. The lowest BCUT2D eigenvalue weighted by Crippen LogP contribution is -2.36. The van der Waals surface area contributed by atoms with E-state index in [1.54, 1.807) is 6.20 Å². The topological polar surface area (TPSA) is 33.2 Å². The number of halogens is 1. The zero-order chi connectivity index (χ0) is 15.2. The number of pyridine rings is 1. The minimum atomic E-state index is 0.0387. The molecule has 1 amide bonds. The lowest BCUT2D eigenvalue weighted by molar-refractivity contribution is 0.0688. The fourth-order valence-electron chi connectivity index (χ4n) is 2.06. The van der Waals surface area contributed by atoms with Gasteiger partial charge in [0, 0.05) is 23.1 Å². The van der Waals surface area contributed by atoms with Crippen molar-refractivity contribution >= 4 is 21.8 Å². The van der Waals surface area contributed by atoms with Crippen molar-refractivity contribution < 1.29 is 4.79 Å². The van der Waals surface area contributed by atoms with E-state index in [0.29, 0.717) is 12.1 Å². The van der Waals surface area contributed by atoms with Gasteiger partial charge in [-0.1, -0.05) is 34.1 Å². The maximum Gasteiger partial charge on any atom is 0.254 e. The van der Waals surface area contributed by atoms with Gasteiger partial charge in [-0.15, -0.1) is 0 Å². The maximum atomic E-state index is 12.7. The van der Waals surface area contributed by atoms with Crippen LogP contribution in [0.1, 0.15) is 35.5 Å². The summed E-state index contributed by atoms with van der Waals surface area (Å²) in [7, 11) is 0. The first kappa shape index (κ1) is 15.7. The molecule has 1 heterocycles. The van der Waals surface area contributed by atoms with E-state index in [1.165, 1.54) is 0 Å². The summed E-state index contributed by atoms with van der Waals surface area (Å²) in [5.74, 6) is 0.0387. The maximum absolute atomic E-state index is 12.7. The summed E-state index contributed by atoms with van der Waals surface area (Å²) in [4.78, 5) is 18.8. The Kier molecular flexibility index (Phi) is 5.51. The normalized spacial score (nSPS) is 10.7. The third-order valence-electron chi connectivity index (χ3n) is 3.30. The van der Waals surface area contributed by atoms with Gasteiger partial charge in [-0.25, -0.2) is 0 Å². The molecule has 1 aromatic carbocycles. The highest BCUT2D eigenvalue weighted by molar-refractivity contribution is 9.08. The molecule has 2 rings (SSSR count). The second kappa shape index (κ2) is 7.36. The van der Waals surface area contributed by atoms with Gasteiger partial charge in [-0.2, -0.15) is 0 Å². The predicted molar refractivity (Wildman–Crippen MR) is 88.3 cm³/mol. The summed E-state index contributed by atoms with van der Waals surface area (Å²) in [6.07, 6.45) is 1.75. The fraction of sp³-hybridized carbons (Fsp3) is 0.294. The third-order valence-corrected chi connectivity index (χ3v) is 3.95. The molecule has 0 N–H and O–H groups in total. The Morgan fingerprint density at radius 3 is 2.43 bits per heavy atom. The first-order valence-electron chi connectivity index (χ1n) is 6.97. The minimum absolute atomic E-state index is 0.0387. The molecule has 0 radical (unpaired) electrons. The Bertz CT molecular complexity index is 581. The van der Waals surface area contributed by atoms with Crippen molar-refractivity contribution in [1.29, 1.82) is 0 Å². The van der Waals surface area contributed by atoms with E-state index >= 15 is 0 Å². The first-order chi connectivity index (χ1) is 10.1.